The lowest BCUT2D eigenvalue weighted by molar-refractivity contribution is -0.127. The molecule has 1 fully saturated rings. The third-order valence-electron chi connectivity index (χ3n) is 4.26. The summed E-state index contributed by atoms with van der Waals surface area (Å²) in [5, 5.41) is 6.36. The summed E-state index contributed by atoms with van der Waals surface area (Å²) in [7, 11) is 0. The first-order valence-corrected chi connectivity index (χ1v) is 6.85. The molecule has 2 aliphatic rings. The van der Waals surface area contributed by atoms with Gasteiger partial charge in [-0.3, -0.25) is 4.79 Å². The SMILES string of the molecule is CC1CCC(NC(=O)C2CNC2)c2ccccc21. The number of carbonyl (C=O) groups is 1. The zero-order valence-corrected chi connectivity index (χ0v) is 10.8. The van der Waals surface area contributed by atoms with Crippen molar-refractivity contribution < 1.29 is 4.79 Å². The van der Waals surface area contributed by atoms with Crippen LogP contribution in [0.2, 0.25) is 0 Å². The molecule has 1 aromatic rings. The van der Waals surface area contributed by atoms with Gasteiger partial charge in [-0.05, 0) is 29.9 Å². The van der Waals surface area contributed by atoms with Crippen molar-refractivity contribution in [3.8, 4) is 0 Å². The number of hydrogen-bond donors (Lipinski definition) is 2. The number of amides is 1. The predicted octanol–water partition coefficient (Wildman–Crippen LogP) is 1.96. The van der Waals surface area contributed by atoms with Crippen LogP contribution in [0.1, 0.15) is 42.9 Å². The van der Waals surface area contributed by atoms with E-state index in [1.807, 2.05) is 0 Å². The smallest absolute Gasteiger partial charge is 0.226 e. The highest BCUT2D eigenvalue weighted by Gasteiger charge is 2.30. The summed E-state index contributed by atoms with van der Waals surface area (Å²) in [5.74, 6) is 0.999. The summed E-state index contributed by atoms with van der Waals surface area (Å²) in [6.07, 6.45) is 2.22. The molecule has 18 heavy (non-hydrogen) atoms. The van der Waals surface area contributed by atoms with Crippen LogP contribution >= 0.6 is 0 Å². The van der Waals surface area contributed by atoms with E-state index >= 15 is 0 Å². The van der Waals surface area contributed by atoms with Gasteiger partial charge in [0.15, 0.2) is 0 Å². The van der Waals surface area contributed by atoms with Gasteiger partial charge in [-0.1, -0.05) is 31.2 Å². The average Bonchev–Trinajstić information content (AvgIpc) is 2.31. The molecule has 1 amide bonds. The normalized spacial score (nSPS) is 27.2. The molecular weight excluding hydrogens is 224 g/mol. The maximum atomic E-state index is 12.0. The Balaban J connectivity index is 1.77. The summed E-state index contributed by atoms with van der Waals surface area (Å²) in [5.41, 5.74) is 2.72. The standard InChI is InChI=1S/C15H20N2O/c1-10-6-7-14(13-5-3-2-4-12(10)13)17-15(18)11-8-16-9-11/h2-5,10-11,14,16H,6-9H2,1H3,(H,17,18). The van der Waals surface area contributed by atoms with Crippen molar-refractivity contribution in [3.05, 3.63) is 35.4 Å². The van der Waals surface area contributed by atoms with E-state index in [0.717, 1.165) is 25.9 Å². The molecular formula is C15H20N2O. The van der Waals surface area contributed by atoms with Crippen LogP contribution in [0.5, 0.6) is 0 Å². The van der Waals surface area contributed by atoms with Crippen LogP contribution < -0.4 is 10.6 Å². The van der Waals surface area contributed by atoms with Crippen molar-refractivity contribution >= 4 is 5.91 Å². The minimum Gasteiger partial charge on any atom is -0.349 e. The summed E-state index contributed by atoms with van der Waals surface area (Å²) in [6, 6.07) is 8.74. The Bertz CT molecular complexity index is 454. The van der Waals surface area contributed by atoms with Crippen molar-refractivity contribution in [1.29, 1.82) is 0 Å². The Hall–Kier alpha value is -1.35. The zero-order chi connectivity index (χ0) is 12.5. The van der Waals surface area contributed by atoms with Crippen LogP contribution in [-0.4, -0.2) is 19.0 Å². The van der Waals surface area contributed by atoms with Crippen LogP contribution in [0.15, 0.2) is 24.3 Å². The lowest BCUT2D eigenvalue weighted by atomic mass is 9.81. The van der Waals surface area contributed by atoms with Crippen LogP contribution in [0, 0.1) is 5.92 Å². The van der Waals surface area contributed by atoms with Gasteiger partial charge in [0, 0.05) is 13.1 Å². The highest BCUT2D eigenvalue weighted by atomic mass is 16.2. The van der Waals surface area contributed by atoms with Crippen molar-refractivity contribution in [2.24, 2.45) is 5.92 Å². The second-order valence-electron chi connectivity index (χ2n) is 5.52. The van der Waals surface area contributed by atoms with Gasteiger partial charge in [-0.25, -0.2) is 0 Å². The summed E-state index contributed by atoms with van der Waals surface area (Å²) >= 11 is 0. The molecule has 0 saturated carbocycles. The molecule has 3 rings (SSSR count). The van der Waals surface area contributed by atoms with Crippen molar-refractivity contribution in [2.45, 2.75) is 31.7 Å². The molecule has 0 spiro atoms. The lowest BCUT2D eigenvalue weighted by Gasteiger charge is -2.33. The average molecular weight is 244 g/mol. The van der Waals surface area contributed by atoms with Crippen LogP contribution in [0.25, 0.3) is 0 Å². The van der Waals surface area contributed by atoms with Crippen molar-refractivity contribution in [3.63, 3.8) is 0 Å². The summed E-state index contributed by atoms with van der Waals surface area (Å²) in [4.78, 5) is 12.0. The van der Waals surface area contributed by atoms with Gasteiger partial charge < -0.3 is 10.6 Å². The van der Waals surface area contributed by atoms with Gasteiger partial charge in [-0.15, -0.1) is 0 Å². The number of carbonyl (C=O) groups excluding carboxylic acids is 1. The maximum absolute atomic E-state index is 12.0. The molecule has 2 N–H and O–H groups in total. The first kappa shape index (κ1) is 11.7. The van der Waals surface area contributed by atoms with E-state index in [1.54, 1.807) is 0 Å². The Morgan fingerprint density at radius 3 is 2.61 bits per heavy atom. The highest BCUT2D eigenvalue weighted by molar-refractivity contribution is 5.80. The fourth-order valence-corrected chi connectivity index (χ4v) is 2.92. The van der Waals surface area contributed by atoms with Crippen LogP contribution in [-0.2, 0) is 4.79 Å². The van der Waals surface area contributed by atoms with E-state index in [2.05, 4.69) is 41.8 Å². The first-order valence-electron chi connectivity index (χ1n) is 6.85. The summed E-state index contributed by atoms with van der Waals surface area (Å²) in [6.45, 7) is 3.93. The van der Waals surface area contributed by atoms with Gasteiger partial charge in [-0.2, -0.15) is 0 Å². The fraction of sp³-hybridized carbons (Fsp3) is 0.533. The lowest BCUT2D eigenvalue weighted by Crippen LogP contribution is -2.51. The van der Waals surface area contributed by atoms with Gasteiger partial charge >= 0.3 is 0 Å². The second-order valence-corrected chi connectivity index (χ2v) is 5.52. The summed E-state index contributed by atoms with van der Waals surface area (Å²) < 4.78 is 0. The first-order chi connectivity index (χ1) is 8.75. The molecule has 3 heteroatoms. The van der Waals surface area contributed by atoms with Crippen LogP contribution in [0.4, 0.5) is 0 Å². The molecule has 1 heterocycles. The largest absolute Gasteiger partial charge is 0.349 e. The van der Waals surface area contributed by atoms with E-state index < -0.39 is 0 Å². The zero-order valence-electron chi connectivity index (χ0n) is 10.8. The molecule has 2 atom stereocenters. The van der Waals surface area contributed by atoms with Crippen molar-refractivity contribution in [1.82, 2.24) is 10.6 Å². The Morgan fingerprint density at radius 1 is 1.22 bits per heavy atom. The number of rotatable bonds is 2. The molecule has 0 radical (unpaired) electrons. The predicted molar refractivity (Wildman–Crippen MR) is 71.3 cm³/mol. The number of fused-ring (bicyclic) bond motifs is 1. The third kappa shape index (κ3) is 2.03. The van der Waals surface area contributed by atoms with E-state index in [-0.39, 0.29) is 17.9 Å². The number of hydrogen-bond acceptors (Lipinski definition) is 2. The second kappa shape index (κ2) is 4.73. The molecule has 1 aliphatic heterocycles. The Labute approximate surface area is 108 Å². The molecule has 1 aliphatic carbocycles. The Kier molecular flexibility index (Phi) is 3.08. The quantitative estimate of drug-likeness (QED) is 0.835. The van der Waals surface area contributed by atoms with Gasteiger partial charge in [0.25, 0.3) is 0 Å². The Morgan fingerprint density at radius 2 is 1.94 bits per heavy atom. The number of nitrogens with one attached hydrogen (secondary N) is 2. The molecule has 96 valence electrons. The molecule has 3 nitrogen and oxygen atoms in total. The van der Waals surface area contributed by atoms with E-state index in [1.165, 1.54) is 11.1 Å². The minimum atomic E-state index is 0.177. The fourth-order valence-electron chi connectivity index (χ4n) is 2.92. The van der Waals surface area contributed by atoms with E-state index in [9.17, 15) is 4.79 Å². The third-order valence-corrected chi connectivity index (χ3v) is 4.26. The molecule has 0 aromatic heterocycles. The minimum absolute atomic E-state index is 0.177. The van der Waals surface area contributed by atoms with Gasteiger partial charge in [0.2, 0.25) is 5.91 Å². The molecule has 2 unspecified atom stereocenters. The van der Waals surface area contributed by atoms with Gasteiger partial charge in [0.05, 0.1) is 12.0 Å². The van der Waals surface area contributed by atoms with Gasteiger partial charge in [0.1, 0.15) is 0 Å². The molecule has 0 bridgehead atoms. The number of benzene rings is 1. The van der Waals surface area contributed by atoms with Crippen LogP contribution in [0.3, 0.4) is 0 Å². The van der Waals surface area contributed by atoms with E-state index in [0.29, 0.717) is 5.92 Å². The van der Waals surface area contributed by atoms with Crippen molar-refractivity contribution in [2.75, 3.05) is 13.1 Å². The maximum Gasteiger partial charge on any atom is 0.226 e. The monoisotopic (exact) mass is 244 g/mol. The molecule has 1 aromatic carbocycles. The van der Waals surface area contributed by atoms with E-state index in [4.69, 9.17) is 0 Å². The molecule has 1 saturated heterocycles. The topological polar surface area (TPSA) is 41.1 Å². The highest BCUT2D eigenvalue weighted by Crippen LogP contribution is 2.37.